The quantitative estimate of drug-likeness (QED) is 0.390. The average Bonchev–Trinajstić information content (AvgIpc) is 1.46. The third-order valence-corrected chi connectivity index (χ3v) is 0. The fourth-order valence-corrected chi connectivity index (χ4v) is 0. The van der Waals surface area contributed by atoms with Crippen molar-refractivity contribution < 1.29 is 5.11 Å². The smallest absolute Gasteiger partial charge is 0.0319 e. The molecule has 0 aliphatic carbocycles. The average molecular weight is 73.1 g/mol. The summed E-state index contributed by atoms with van der Waals surface area (Å²) < 4.78 is 0. The van der Waals surface area contributed by atoms with Crippen molar-refractivity contribution in [2.75, 3.05) is 7.11 Å². The van der Waals surface area contributed by atoms with Crippen LogP contribution in [0, 0.1) is 5.41 Å². The van der Waals surface area contributed by atoms with Gasteiger partial charge in [0.2, 0.25) is 0 Å². The normalized spacial score (nSPS) is 2.80. The molecule has 0 radical (unpaired) electrons. The van der Waals surface area contributed by atoms with Crippen LogP contribution in [0.1, 0.15) is 0 Å². The number of rotatable bonds is 0. The van der Waals surface area contributed by atoms with E-state index in [1.54, 1.807) is 5.87 Å². The zero-order valence-corrected chi connectivity index (χ0v) is 3.15. The molecule has 0 rings (SSSR count). The van der Waals surface area contributed by atoms with Gasteiger partial charge >= 0.3 is 0 Å². The van der Waals surface area contributed by atoms with E-state index in [0.29, 0.717) is 0 Å². The lowest BCUT2D eigenvalue weighted by molar-refractivity contribution is 0.399. The summed E-state index contributed by atoms with van der Waals surface area (Å²) in [5, 5.41) is 12.8. The largest absolute Gasteiger partial charge is 0.400 e. The molecular weight excluding hydrogens is 66.0 g/mol. The fourth-order valence-electron chi connectivity index (χ4n) is 0. The maximum atomic E-state index is 7.00. The number of nitrogens with one attached hydrogen (secondary N) is 1. The van der Waals surface area contributed by atoms with Crippen molar-refractivity contribution in [1.82, 2.24) is 0 Å². The van der Waals surface area contributed by atoms with Crippen molar-refractivity contribution in [2.24, 2.45) is 0 Å². The SMILES string of the molecule is C=C=N.CO. The second-order valence-electron chi connectivity index (χ2n) is 0.177. The molecule has 0 atom stereocenters. The van der Waals surface area contributed by atoms with Crippen molar-refractivity contribution in [2.45, 2.75) is 0 Å². The Kier molecular flexibility index (Phi) is 208. The molecule has 0 saturated carbocycles. The molecule has 0 fully saturated rings. The second-order valence-corrected chi connectivity index (χ2v) is 0.177. The zero-order chi connectivity index (χ0) is 4.71. The van der Waals surface area contributed by atoms with Crippen LogP contribution in [-0.4, -0.2) is 18.1 Å². The summed E-state index contributed by atoms with van der Waals surface area (Å²) in [6.07, 6.45) is 0. The molecule has 2 nitrogen and oxygen atoms in total. The van der Waals surface area contributed by atoms with E-state index < -0.39 is 0 Å². The van der Waals surface area contributed by atoms with Gasteiger partial charge in [-0.3, -0.25) is 5.41 Å². The zero-order valence-electron chi connectivity index (χ0n) is 3.15. The van der Waals surface area contributed by atoms with Crippen molar-refractivity contribution in [3.05, 3.63) is 6.58 Å². The van der Waals surface area contributed by atoms with Gasteiger partial charge in [0, 0.05) is 7.11 Å². The molecule has 2 N–H and O–H groups in total. The summed E-state index contributed by atoms with van der Waals surface area (Å²) in [7, 11) is 1.00. The first-order valence-electron chi connectivity index (χ1n) is 1.05. The Balaban J connectivity index is 0. The summed E-state index contributed by atoms with van der Waals surface area (Å²) in [6, 6.07) is 0. The summed E-state index contributed by atoms with van der Waals surface area (Å²) in [5.41, 5.74) is 0. The highest BCUT2D eigenvalue weighted by atomic mass is 16.2. The van der Waals surface area contributed by atoms with Crippen molar-refractivity contribution in [1.29, 1.82) is 5.41 Å². The van der Waals surface area contributed by atoms with Crippen LogP contribution >= 0.6 is 0 Å². The van der Waals surface area contributed by atoms with Gasteiger partial charge in [-0.05, 0) is 12.4 Å². The van der Waals surface area contributed by atoms with Crippen LogP contribution in [0.2, 0.25) is 0 Å². The van der Waals surface area contributed by atoms with E-state index in [4.69, 9.17) is 10.5 Å². The summed E-state index contributed by atoms with van der Waals surface area (Å²) in [4.78, 5) is 0. The summed E-state index contributed by atoms with van der Waals surface area (Å²) in [5.74, 6) is 1.75. The molecule has 0 aromatic heterocycles. The first kappa shape index (κ1) is 8.83. The maximum absolute atomic E-state index is 7.00. The van der Waals surface area contributed by atoms with Gasteiger partial charge < -0.3 is 5.11 Å². The third kappa shape index (κ3) is 19.5. The Morgan fingerprint density at radius 3 is 1.80 bits per heavy atom. The summed E-state index contributed by atoms with van der Waals surface area (Å²) in [6.45, 7) is 2.90. The van der Waals surface area contributed by atoms with Crippen LogP contribution in [0.15, 0.2) is 6.58 Å². The van der Waals surface area contributed by atoms with Gasteiger partial charge in [0.25, 0.3) is 0 Å². The molecule has 0 heterocycles. The number of hydrogen-bond acceptors (Lipinski definition) is 2. The van der Waals surface area contributed by atoms with Gasteiger partial charge in [0.1, 0.15) is 0 Å². The first-order chi connectivity index (χ1) is 2.41. The van der Waals surface area contributed by atoms with Gasteiger partial charge in [-0.2, -0.15) is 0 Å². The van der Waals surface area contributed by atoms with Crippen molar-refractivity contribution in [3.63, 3.8) is 0 Å². The minimum Gasteiger partial charge on any atom is -0.400 e. The Bertz CT molecular complexity index is 27.9. The third-order valence-electron chi connectivity index (χ3n) is 0. The van der Waals surface area contributed by atoms with Crippen LogP contribution in [0.5, 0.6) is 0 Å². The fraction of sp³-hybridized carbons (Fsp3) is 0.333. The Hall–Kier alpha value is -0.590. The van der Waals surface area contributed by atoms with Crippen LogP contribution in [-0.2, 0) is 0 Å². The van der Waals surface area contributed by atoms with E-state index in [2.05, 4.69) is 6.58 Å². The summed E-state index contributed by atoms with van der Waals surface area (Å²) >= 11 is 0. The van der Waals surface area contributed by atoms with Gasteiger partial charge in [-0.25, -0.2) is 0 Å². The Labute approximate surface area is 31.3 Å². The van der Waals surface area contributed by atoms with Crippen LogP contribution in [0.3, 0.4) is 0 Å². The molecule has 0 unspecified atom stereocenters. The molecule has 0 amide bonds. The van der Waals surface area contributed by atoms with Gasteiger partial charge in [-0.15, -0.1) is 0 Å². The molecule has 0 aromatic rings. The van der Waals surface area contributed by atoms with E-state index >= 15 is 0 Å². The van der Waals surface area contributed by atoms with E-state index in [1.165, 1.54) is 0 Å². The van der Waals surface area contributed by atoms with E-state index in [1.807, 2.05) is 0 Å². The van der Waals surface area contributed by atoms with Crippen LogP contribution in [0.4, 0.5) is 0 Å². The van der Waals surface area contributed by atoms with Gasteiger partial charge in [0.15, 0.2) is 0 Å². The highest BCUT2D eigenvalue weighted by molar-refractivity contribution is 5.41. The first-order valence-corrected chi connectivity index (χ1v) is 1.05. The van der Waals surface area contributed by atoms with E-state index in [-0.39, 0.29) is 0 Å². The lowest BCUT2D eigenvalue weighted by atomic mass is 11.2. The Morgan fingerprint density at radius 1 is 1.80 bits per heavy atom. The molecule has 5 heavy (non-hydrogen) atoms. The van der Waals surface area contributed by atoms with Gasteiger partial charge in [0.05, 0.1) is 0 Å². The molecule has 0 aromatic carbocycles. The molecule has 0 aliphatic rings. The highest BCUT2D eigenvalue weighted by Crippen LogP contribution is 0.942. The standard InChI is InChI=1S/C2H3N.CH4O/c1-2-3;1-2/h3H,1H2;2H,1H3. The van der Waals surface area contributed by atoms with Crippen molar-refractivity contribution in [3.8, 4) is 0 Å². The van der Waals surface area contributed by atoms with Gasteiger partial charge in [-0.1, -0.05) is 0 Å². The molecule has 2 heteroatoms. The molecule has 0 saturated heterocycles. The monoisotopic (exact) mass is 73.1 g/mol. The second kappa shape index (κ2) is 118. The number of aliphatic hydroxyl groups is 1. The Morgan fingerprint density at radius 2 is 1.80 bits per heavy atom. The lowest BCUT2D eigenvalue weighted by Crippen LogP contribution is -1.25. The van der Waals surface area contributed by atoms with E-state index in [9.17, 15) is 0 Å². The predicted octanol–water partition coefficient (Wildman–Crippen LogP) is 0.0294. The van der Waals surface area contributed by atoms with E-state index in [0.717, 1.165) is 7.11 Å². The molecule has 0 aliphatic heterocycles. The maximum Gasteiger partial charge on any atom is 0.0319 e. The molecule has 0 bridgehead atoms. The molecule has 0 spiro atoms. The van der Waals surface area contributed by atoms with Crippen LogP contribution < -0.4 is 0 Å². The number of hydrogen-bond donors (Lipinski definition) is 2. The lowest BCUT2D eigenvalue weighted by Gasteiger charge is -1.21. The van der Waals surface area contributed by atoms with Crippen molar-refractivity contribution >= 4 is 5.87 Å². The predicted molar refractivity (Wildman–Crippen MR) is 21.5 cm³/mol. The van der Waals surface area contributed by atoms with Crippen LogP contribution in [0.25, 0.3) is 0 Å². The minimum absolute atomic E-state index is 1.00. The minimum atomic E-state index is 1.00. The highest BCUT2D eigenvalue weighted by Gasteiger charge is 0.918. The molecular formula is C3H7NO. The number of aliphatic hydroxyl groups excluding tert-OH is 1. The molecule has 30 valence electrons. The topological polar surface area (TPSA) is 44.1 Å².